The smallest absolute Gasteiger partial charge is 0.337 e. The average molecular weight is 555 g/mol. The number of aromatic carboxylic acids is 1. The van der Waals surface area contributed by atoms with E-state index in [1.165, 1.54) is 0 Å². The van der Waals surface area contributed by atoms with Gasteiger partial charge in [0.1, 0.15) is 5.69 Å². The van der Waals surface area contributed by atoms with E-state index in [2.05, 4.69) is 30.8 Å². The van der Waals surface area contributed by atoms with Crippen molar-refractivity contribution in [1.29, 1.82) is 0 Å². The lowest BCUT2D eigenvalue weighted by Gasteiger charge is -2.20. The zero-order valence-electron chi connectivity index (χ0n) is 21.2. The zero-order valence-corrected chi connectivity index (χ0v) is 22.7. The normalized spacial score (nSPS) is 11.0. The van der Waals surface area contributed by atoms with Gasteiger partial charge in [-0.15, -0.1) is 0 Å². The maximum absolute atomic E-state index is 11.8. The molecule has 11 heteroatoms. The summed E-state index contributed by atoms with van der Waals surface area (Å²) in [5.41, 5.74) is 3.42. The molecule has 2 heterocycles. The van der Waals surface area contributed by atoms with Crippen molar-refractivity contribution in [2.24, 2.45) is 0 Å². The van der Waals surface area contributed by atoms with E-state index in [9.17, 15) is 9.90 Å². The summed E-state index contributed by atoms with van der Waals surface area (Å²) in [5, 5.41) is 20.7. The highest BCUT2D eigenvalue weighted by atomic mass is 35.5. The van der Waals surface area contributed by atoms with Crippen LogP contribution in [0.3, 0.4) is 0 Å². The molecule has 0 bridgehead atoms. The van der Waals surface area contributed by atoms with E-state index in [4.69, 9.17) is 27.6 Å². The maximum Gasteiger partial charge on any atom is 0.337 e. The molecule has 0 spiro atoms. The number of rotatable bonds is 11. The lowest BCUT2D eigenvalue weighted by atomic mass is 10.1. The van der Waals surface area contributed by atoms with Crippen molar-refractivity contribution in [1.82, 2.24) is 14.9 Å². The number of carbonyl (C=O) groups is 1. The van der Waals surface area contributed by atoms with Crippen LogP contribution in [0.1, 0.15) is 21.9 Å². The minimum Gasteiger partial charge on any atom is -0.478 e. The molecule has 0 fully saturated rings. The van der Waals surface area contributed by atoms with Gasteiger partial charge in [-0.2, -0.15) is 0 Å². The molecule has 4 N–H and O–H groups in total. The van der Waals surface area contributed by atoms with Crippen molar-refractivity contribution < 1.29 is 14.3 Å². The number of hydrogen-bond acceptors (Lipinski definition) is 8. The Kier molecular flexibility index (Phi) is 8.73. The summed E-state index contributed by atoms with van der Waals surface area (Å²) in [6, 6.07) is 13.7. The second-order valence-corrected chi connectivity index (χ2v) is 9.68. The van der Waals surface area contributed by atoms with Crippen LogP contribution >= 0.6 is 23.2 Å². The largest absolute Gasteiger partial charge is 0.478 e. The third-order valence-electron chi connectivity index (χ3n) is 5.60. The van der Waals surface area contributed by atoms with Crippen molar-refractivity contribution in [3.05, 3.63) is 81.9 Å². The Balaban J connectivity index is 1.64. The van der Waals surface area contributed by atoms with E-state index in [0.717, 1.165) is 17.9 Å². The van der Waals surface area contributed by atoms with Crippen molar-refractivity contribution in [3.63, 3.8) is 0 Å². The Hall–Kier alpha value is -3.79. The fraction of sp³-hybridized carbons (Fsp3) is 0.222. The molecular weight excluding hydrogens is 527 g/mol. The molecule has 4 aromatic rings. The van der Waals surface area contributed by atoms with Crippen LogP contribution in [0.2, 0.25) is 10.0 Å². The zero-order chi connectivity index (χ0) is 27.2. The number of benzene rings is 2. The highest BCUT2D eigenvalue weighted by molar-refractivity contribution is 6.35. The SMILES string of the molecule is Cc1cc(NCCN(C)C)c(NCc2ncc(-c3cc(Cl)ccc3Cl)o2)c(Nc2ccccc2C(=O)O)n1. The van der Waals surface area contributed by atoms with Gasteiger partial charge in [-0.25, -0.2) is 14.8 Å². The molecule has 0 aliphatic carbocycles. The number of carboxylic acids is 1. The molecule has 9 nitrogen and oxygen atoms in total. The first-order valence-corrected chi connectivity index (χ1v) is 12.6. The minimum atomic E-state index is -1.04. The number of likely N-dealkylation sites (N-methyl/N-ethyl adjacent to an activating group) is 1. The van der Waals surface area contributed by atoms with Gasteiger partial charge in [0.25, 0.3) is 0 Å². The van der Waals surface area contributed by atoms with Crippen molar-refractivity contribution in [2.45, 2.75) is 13.5 Å². The molecule has 0 aliphatic rings. The summed E-state index contributed by atoms with van der Waals surface area (Å²) in [5.74, 6) is 0.351. The van der Waals surface area contributed by atoms with Gasteiger partial charge in [0.2, 0.25) is 5.89 Å². The predicted molar refractivity (Wildman–Crippen MR) is 152 cm³/mol. The quantitative estimate of drug-likeness (QED) is 0.167. The number of para-hydroxylation sites is 1. The number of anilines is 4. The number of aryl methyl sites for hydroxylation is 1. The van der Waals surface area contributed by atoms with Crippen LogP contribution in [-0.4, -0.2) is 53.1 Å². The van der Waals surface area contributed by atoms with E-state index >= 15 is 0 Å². The number of hydrogen-bond donors (Lipinski definition) is 4. The van der Waals surface area contributed by atoms with E-state index in [1.807, 2.05) is 27.1 Å². The van der Waals surface area contributed by atoms with Crippen LogP contribution in [0.5, 0.6) is 0 Å². The topological polar surface area (TPSA) is 116 Å². The van der Waals surface area contributed by atoms with Gasteiger partial charge >= 0.3 is 5.97 Å². The van der Waals surface area contributed by atoms with Crippen LogP contribution in [0.4, 0.5) is 22.9 Å². The van der Waals surface area contributed by atoms with Gasteiger partial charge in [-0.05, 0) is 57.4 Å². The van der Waals surface area contributed by atoms with Crippen LogP contribution in [-0.2, 0) is 6.54 Å². The van der Waals surface area contributed by atoms with Gasteiger partial charge in [0.05, 0.1) is 34.7 Å². The number of carboxylic acid groups (broad SMARTS) is 1. The molecule has 0 aliphatic heterocycles. The summed E-state index contributed by atoms with van der Waals surface area (Å²) < 4.78 is 5.95. The number of pyridine rings is 1. The number of oxazole rings is 1. The highest BCUT2D eigenvalue weighted by Gasteiger charge is 2.17. The van der Waals surface area contributed by atoms with Crippen molar-refractivity contribution >= 4 is 52.1 Å². The molecule has 38 heavy (non-hydrogen) atoms. The molecule has 4 rings (SSSR count). The van der Waals surface area contributed by atoms with Gasteiger partial charge in [-0.3, -0.25) is 0 Å². The van der Waals surface area contributed by atoms with Crippen molar-refractivity contribution in [3.8, 4) is 11.3 Å². The lowest BCUT2D eigenvalue weighted by molar-refractivity contribution is 0.0698. The van der Waals surface area contributed by atoms with Crippen LogP contribution < -0.4 is 16.0 Å². The minimum absolute atomic E-state index is 0.139. The molecule has 0 saturated carbocycles. The second-order valence-electron chi connectivity index (χ2n) is 8.84. The van der Waals surface area contributed by atoms with E-state index in [1.54, 1.807) is 48.7 Å². The summed E-state index contributed by atoms with van der Waals surface area (Å²) in [7, 11) is 4.00. The molecule has 2 aromatic carbocycles. The monoisotopic (exact) mass is 554 g/mol. The molecular formula is C27H28Cl2N6O3. The summed E-state index contributed by atoms with van der Waals surface area (Å²) in [4.78, 5) is 22.9. The third-order valence-corrected chi connectivity index (χ3v) is 6.16. The van der Waals surface area contributed by atoms with Gasteiger partial charge < -0.3 is 30.4 Å². The van der Waals surface area contributed by atoms with E-state index < -0.39 is 5.97 Å². The number of halogens is 2. The molecule has 0 amide bonds. The molecule has 2 aromatic heterocycles. The number of nitrogens with zero attached hydrogens (tertiary/aromatic N) is 3. The van der Waals surface area contributed by atoms with Gasteiger partial charge in [-0.1, -0.05) is 35.3 Å². The van der Waals surface area contributed by atoms with Crippen molar-refractivity contribution in [2.75, 3.05) is 43.1 Å². The highest BCUT2D eigenvalue weighted by Crippen LogP contribution is 2.35. The summed E-state index contributed by atoms with van der Waals surface area (Å²) in [6.07, 6.45) is 1.60. The fourth-order valence-electron chi connectivity index (χ4n) is 3.77. The molecule has 198 valence electrons. The van der Waals surface area contributed by atoms with E-state index in [-0.39, 0.29) is 12.1 Å². The average Bonchev–Trinajstić information content (AvgIpc) is 3.33. The molecule has 0 unspecified atom stereocenters. The maximum atomic E-state index is 11.8. The van der Waals surface area contributed by atoms with Crippen LogP contribution in [0, 0.1) is 6.92 Å². The predicted octanol–water partition coefficient (Wildman–Crippen LogP) is 6.38. The van der Waals surface area contributed by atoms with Gasteiger partial charge in [0.15, 0.2) is 11.6 Å². The third kappa shape index (κ3) is 6.74. The summed E-state index contributed by atoms with van der Waals surface area (Å²) in [6.45, 7) is 3.62. The summed E-state index contributed by atoms with van der Waals surface area (Å²) >= 11 is 12.4. The Morgan fingerprint density at radius 2 is 1.87 bits per heavy atom. The molecule has 0 saturated heterocycles. The molecule has 0 atom stereocenters. The van der Waals surface area contributed by atoms with Gasteiger partial charge in [0, 0.05) is 29.4 Å². The van der Waals surface area contributed by atoms with Crippen LogP contribution in [0.25, 0.3) is 11.3 Å². The Morgan fingerprint density at radius 3 is 2.63 bits per heavy atom. The number of nitrogens with one attached hydrogen (secondary N) is 3. The lowest BCUT2D eigenvalue weighted by Crippen LogP contribution is -2.21. The first kappa shape index (κ1) is 27.3. The number of aromatic nitrogens is 2. The fourth-order valence-corrected chi connectivity index (χ4v) is 4.15. The standard InChI is InChI=1S/C27H28Cl2N6O3/c1-16-12-22(30-10-11-35(2)3)25(26(33-16)34-21-7-5-4-6-18(21)27(36)37)32-15-24-31-14-23(38-24)19-13-17(28)8-9-20(19)29/h4-9,12-14,32H,10-11,15H2,1-3H3,(H,36,37)(H2,30,33,34). The van der Waals surface area contributed by atoms with Crippen LogP contribution in [0.15, 0.2) is 59.1 Å². The Morgan fingerprint density at radius 1 is 1.08 bits per heavy atom. The first-order chi connectivity index (χ1) is 18.2. The first-order valence-electron chi connectivity index (χ1n) is 11.8. The Bertz CT molecular complexity index is 1440. The Labute approximate surface area is 230 Å². The second kappa shape index (κ2) is 12.2. The molecule has 0 radical (unpaired) electrons. The van der Waals surface area contributed by atoms with E-state index in [0.29, 0.717) is 51.0 Å².